The minimum absolute atomic E-state index is 0.574. The summed E-state index contributed by atoms with van der Waals surface area (Å²) >= 11 is 0. The molecule has 0 bridgehead atoms. The average molecular weight is 114 g/mol. The predicted molar refractivity (Wildman–Crippen MR) is 33.8 cm³/mol. The summed E-state index contributed by atoms with van der Waals surface area (Å²) in [4.78, 5) is 0. The minimum Gasteiger partial charge on any atom is -0.381 e. The Morgan fingerprint density at radius 3 is 2.38 bits per heavy atom. The van der Waals surface area contributed by atoms with Crippen LogP contribution in [-0.2, 0) is 4.74 Å². The molecule has 0 amide bonds. The highest BCUT2D eigenvalue weighted by molar-refractivity contribution is 4.71. The first-order chi connectivity index (χ1) is 3.83. The molecule has 0 saturated heterocycles. The second kappa shape index (κ2) is 2.49. The first-order valence-corrected chi connectivity index (χ1v) is 3.35. The molecule has 0 N–H and O–H groups in total. The van der Waals surface area contributed by atoms with Crippen molar-refractivity contribution in [1.29, 1.82) is 0 Å². The van der Waals surface area contributed by atoms with Crippen molar-refractivity contribution < 1.29 is 4.74 Å². The summed E-state index contributed by atoms with van der Waals surface area (Å²) in [5.74, 6) is 0.903. The van der Waals surface area contributed by atoms with Gasteiger partial charge in [0.1, 0.15) is 0 Å². The molecule has 48 valence electrons. The molecule has 0 radical (unpaired) electrons. The number of hydrogen-bond acceptors (Lipinski definition) is 1. The largest absolute Gasteiger partial charge is 0.381 e. The lowest BCUT2D eigenvalue weighted by molar-refractivity contribution is 0.106. The number of rotatable bonds is 1. The van der Waals surface area contributed by atoms with Gasteiger partial charge >= 0.3 is 0 Å². The summed E-state index contributed by atoms with van der Waals surface area (Å²) in [5.41, 5.74) is 0. The van der Waals surface area contributed by atoms with E-state index in [0.717, 1.165) is 5.92 Å². The highest BCUT2D eigenvalue weighted by Gasteiger charge is 2.19. The van der Waals surface area contributed by atoms with E-state index in [9.17, 15) is 0 Å². The average Bonchev–Trinajstić information content (AvgIpc) is 2.14. The molecule has 0 heterocycles. The van der Waals surface area contributed by atoms with Crippen molar-refractivity contribution in [2.24, 2.45) is 5.92 Å². The standard InChI is InChI=1S/C7H14O/c1-6-3-4-7(5-6)8-2/h6-7H,3-5H2,1-2H3/t6-,7+/m1/s1. The molecule has 1 fully saturated rings. The van der Waals surface area contributed by atoms with Gasteiger partial charge in [0.25, 0.3) is 0 Å². The van der Waals surface area contributed by atoms with Crippen LogP contribution in [0.15, 0.2) is 0 Å². The topological polar surface area (TPSA) is 9.23 Å². The fourth-order valence-electron chi connectivity index (χ4n) is 1.37. The zero-order valence-corrected chi connectivity index (χ0v) is 5.68. The number of ether oxygens (including phenoxy) is 1. The van der Waals surface area contributed by atoms with Gasteiger partial charge in [-0.15, -0.1) is 0 Å². The monoisotopic (exact) mass is 114 g/mol. The summed E-state index contributed by atoms with van der Waals surface area (Å²) in [7, 11) is 1.81. The van der Waals surface area contributed by atoms with Gasteiger partial charge in [-0.1, -0.05) is 6.92 Å². The van der Waals surface area contributed by atoms with Crippen LogP contribution in [0.3, 0.4) is 0 Å². The summed E-state index contributed by atoms with van der Waals surface area (Å²) in [6, 6.07) is 0. The lowest BCUT2D eigenvalue weighted by atomic mass is 10.1. The molecule has 0 aliphatic heterocycles. The van der Waals surface area contributed by atoms with E-state index in [2.05, 4.69) is 6.92 Å². The predicted octanol–water partition coefficient (Wildman–Crippen LogP) is 1.82. The molecule has 1 aliphatic rings. The van der Waals surface area contributed by atoms with Gasteiger partial charge in [0.05, 0.1) is 6.10 Å². The van der Waals surface area contributed by atoms with Gasteiger partial charge in [0.2, 0.25) is 0 Å². The molecular formula is C7H14O. The molecule has 1 nitrogen and oxygen atoms in total. The normalized spacial score (nSPS) is 38.2. The van der Waals surface area contributed by atoms with Gasteiger partial charge in [-0.2, -0.15) is 0 Å². The van der Waals surface area contributed by atoms with Gasteiger partial charge in [-0.3, -0.25) is 0 Å². The second-order valence-corrected chi connectivity index (χ2v) is 2.78. The molecule has 8 heavy (non-hydrogen) atoms. The van der Waals surface area contributed by atoms with Crippen molar-refractivity contribution in [3.05, 3.63) is 0 Å². The Morgan fingerprint density at radius 2 is 2.12 bits per heavy atom. The number of methoxy groups -OCH3 is 1. The van der Waals surface area contributed by atoms with Gasteiger partial charge in [-0.25, -0.2) is 0 Å². The maximum atomic E-state index is 5.18. The highest BCUT2D eigenvalue weighted by atomic mass is 16.5. The van der Waals surface area contributed by atoms with Crippen LogP contribution in [0.25, 0.3) is 0 Å². The summed E-state index contributed by atoms with van der Waals surface area (Å²) in [6.07, 6.45) is 4.48. The van der Waals surface area contributed by atoms with Crippen molar-refractivity contribution in [3.63, 3.8) is 0 Å². The van der Waals surface area contributed by atoms with Crippen LogP contribution in [0.2, 0.25) is 0 Å². The Hall–Kier alpha value is -0.0400. The number of hydrogen-bond donors (Lipinski definition) is 0. The van der Waals surface area contributed by atoms with Crippen LogP contribution >= 0.6 is 0 Å². The van der Waals surface area contributed by atoms with Crippen LogP contribution in [0.1, 0.15) is 26.2 Å². The van der Waals surface area contributed by atoms with Crippen molar-refractivity contribution in [2.75, 3.05) is 7.11 Å². The van der Waals surface area contributed by atoms with E-state index >= 15 is 0 Å². The third-order valence-corrected chi connectivity index (χ3v) is 1.98. The molecule has 0 unspecified atom stereocenters. The fourth-order valence-corrected chi connectivity index (χ4v) is 1.37. The van der Waals surface area contributed by atoms with Gasteiger partial charge in [-0.05, 0) is 25.2 Å². The molecule has 0 aromatic heterocycles. The molecule has 1 aliphatic carbocycles. The van der Waals surface area contributed by atoms with Crippen LogP contribution < -0.4 is 0 Å². The van der Waals surface area contributed by atoms with E-state index in [1.807, 2.05) is 7.11 Å². The fraction of sp³-hybridized carbons (Fsp3) is 1.00. The summed E-state index contributed by atoms with van der Waals surface area (Å²) in [5, 5.41) is 0. The molecule has 0 spiro atoms. The maximum absolute atomic E-state index is 5.18. The van der Waals surface area contributed by atoms with Crippen LogP contribution in [0.5, 0.6) is 0 Å². The Morgan fingerprint density at radius 1 is 1.38 bits per heavy atom. The van der Waals surface area contributed by atoms with Crippen molar-refractivity contribution >= 4 is 0 Å². The molecule has 0 aromatic rings. The van der Waals surface area contributed by atoms with Crippen molar-refractivity contribution in [1.82, 2.24) is 0 Å². The third-order valence-electron chi connectivity index (χ3n) is 1.98. The Bertz CT molecular complexity index is 70.8. The highest BCUT2D eigenvalue weighted by Crippen LogP contribution is 2.26. The van der Waals surface area contributed by atoms with Gasteiger partial charge in [0, 0.05) is 7.11 Å². The van der Waals surface area contributed by atoms with E-state index in [-0.39, 0.29) is 0 Å². The van der Waals surface area contributed by atoms with E-state index in [1.54, 1.807) is 0 Å². The van der Waals surface area contributed by atoms with Crippen LogP contribution in [0, 0.1) is 5.92 Å². The molecule has 2 atom stereocenters. The van der Waals surface area contributed by atoms with E-state index in [4.69, 9.17) is 4.74 Å². The molecule has 0 aromatic carbocycles. The Balaban J connectivity index is 2.22. The van der Waals surface area contributed by atoms with Crippen LogP contribution in [0.4, 0.5) is 0 Å². The Kier molecular flexibility index (Phi) is 1.90. The third kappa shape index (κ3) is 1.22. The quantitative estimate of drug-likeness (QED) is 0.505. The second-order valence-electron chi connectivity index (χ2n) is 2.78. The van der Waals surface area contributed by atoms with E-state index in [0.29, 0.717) is 6.10 Å². The zero-order chi connectivity index (χ0) is 5.98. The van der Waals surface area contributed by atoms with Crippen molar-refractivity contribution in [2.45, 2.75) is 32.3 Å². The SMILES string of the molecule is CO[C@H]1CC[C@@H](C)C1. The first kappa shape index (κ1) is 6.09. The molecule has 1 rings (SSSR count). The smallest absolute Gasteiger partial charge is 0.0574 e. The molecule has 1 saturated carbocycles. The lowest BCUT2D eigenvalue weighted by Gasteiger charge is -2.04. The van der Waals surface area contributed by atoms with Crippen LogP contribution in [-0.4, -0.2) is 13.2 Å². The first-order valence-electron chi connectivity index (χ1n) is 3.35. The molecular weight excluding hydrogens is 100 g/mol. The van der Waals surface area contributed by atoms with E-state index in [1.165, 1.54) is 19.3 Å². The minimum atomic E-state index is 0.574. The zero-order valence-electron chi connectivity index (χ0n) is 5.68. The maximum Gasteiger partial charge on any atom is 0.0574 e. The Labute approximate surface area is 51.0 Å². The van der Waals surface area contributed by atoms with Gasteiger partial charge < -0.3 is 4.74 Å². The summed E-state index contributed by atoms with van der Waals surface area (Å²) < 4.78 is 5.18. The summed E-state index contributed by atoms with van der Waals surface area (Å²) in [6.45, 7) is 2.29. The molecule has 1 heteroatoms. The lowest BCUT2D eigenvalue weighted by Crippen LogP contribution is -2.03. The van der Waals surface area contributed by atoms with E-state index < -0.39 is 0 Å². The van der Waals surface area contributed by atoms with Crippen molar-refractivity contribution in [3.8, 4) is 0 Å². The van der Waals surface area contributed by atoms with Gasteiger partial charge in [0.15, 0.2) is 0 Å².